The molecule has 6 amide bonds. The number of carboxylic acid groups (broad SMARTS) is 4. The number of anilines is 1. The number of nitrogens with two attached hydrogens (primary N) is 3. The van der Waals surface area contributed by atoms with Crippen LogP contribution in [0, 0.1) is 22.9 Å². The number of aliphatic carboxylic acids is 4. The van der Waals surface area contributed by atoms with Crippen LogP contribution in [0.4, 0.5) is 18.9 Å². The third-order valence-corrected chi connectivity index (χ3v) is 14.5. The van der Waals surface area contributed by atoms with Gasteiger partial charge in [0.25, 0.3) is 0 Å². The molecule has 0 radical (unpaired) electrons. The minimum atomic E-state index is -5.22. The Hall–Kier alpha value is -7.48. The lowest BCUT2D eigenvalue weighted by molar-refractivity contribution is -0.147. The summed E-state index contributed by atoms with van der Waals surface area (Å²) in [5.41, 5.74) is 9.84. The van der Waals surface area contributed by atoms with Gasteiger partial charge in [-0.15, -0.1) is 0 Å². The quantitative estimate of drug-likeness (QED) is 0.0131. The third kappa shape index (κ3) is 25.5. The smallest absolute Gasteiger partial charge is 0.326 e. The van der Waals surface area contributed by atoms with E-state index in [1.807, 2.05) is 5.32 Å². The van der Waals surface area contributed by atoms with Crippen LogP contribution in [0.5, 0.6) is 0 Å². The van der Waals surface area contributed by atoms with Crippen molar-refractivity contribution in [3.8, 4) is 0 Å². The monoisotopic (exact) mass is 1220 g/mol. The lowest BCUT2D eigenvalue weighted by atomic mass is 9.96. The van der Waals surface area contributed by atoms with Crippen LogP contribution in [0.2, 0.25) is 0 Å². The van der Waals surface area contributed by atoms with Crippen molar-refractivity contribution in [1.29, 1.82) is 5.41 Å². The molecule has 37 heteroatoms. The van der Waals surface area contributed by atoms with Crippen LogP contribution in [0.3, 0.4) is 0 Å². The molecule has 0 heterocycles. The van der Waals surface area contributed by atoms with Crippen molar-refractivity contribution in [3.63, 3.8) is 0 Å². The largest absolute Gasteiger partial charge is 0.481 e. The van der Waals surface area contributed by atoms with Crippen LogP contribution in [-0.4, -0.2) is 191 Å². The number of amides is 6. The molecular weight excluding hydrogens is 1150 g/mol. The number of carbonyl (C=O) groups is 10. The molecule has 19 N–H and O–H groups in total. The zero-order chi connectivity index (χ0) is 61.9. The number of guanidine groups is 1. The summed E-state index contributed by atoms with van der Waals surface area (Å²) < 4.78 is 108. The summed E-state index contributed by atoms with van der Waals surface area (Å²) in [7, 11) is -10.2. The highest BCUT2D eigenvalue weighted by atomic mass is 32.2. The number of rotatable bonds is 37. The van der Waals surface area contributed by atoms with Crippen molar-refractivity contribution >= 4 is 90.8 Å². The SMILES string of the molecule is N=C(N)NCCCC(NC(=O)C(CC(=O)O)NC(=O)CCOCCOCCNC(=O)CCS(=O)(=O)c1c(F)c(F)c(S(N)(=O)=O)c(F)c1NC1CCCCCCC1)C(=O)NC(CC(=O)O)C(=O)NCC(N)C(=O)NC(CC(=O)O)C(=O)O. The van der Waals surface area contributed by atoms with Crippen molar-refractivity contribution < 1.29 is 108 Å². The van der Waals surface area contributed by atoms with Crippen LogP contribution in [0.1, 0.15) is 89.9 Å². The molecule has 2 rings (SSSR count). The molecule has 32 nitrogen and oxygen atoms in total. The number of sulfone groups is 1. The third-order valence-electron chi connectivity index (χ3n) is 11.8. The van der Waals surface area contributed by atoms with Crippen molar-refractivity contribution in [3.05, 3.63) is 17.5 Å². The molecule has 82 heavy (non-hydrogen) atoms. The zero-order valence-corrected chi connectivity index (χ0v) is 45.7. The van der Waals surface area contributed by atoms with Gasteiger partial charge in [-0.1, -0.05) is 32.1 Å². The molecule has 462 valence electrons. The summed E-state index contributed by atoms with van der Waals surface area (Å²) >= 11 is 0. The summed E-state index contributed by atoms with van der Waals surface area (Å²) in [6, 6.07) is -9.72. The Labute approximate surface area is 467 Å². The molecule has 0 aliphatic heterocycles. The summed E-state index contributed by atoms with van der Waals surface area (Å²) in [6.45, 7) is -1.90. The minimum absolute atomic E-state index is 0.0441. The van der Waals surface area contributed by atoms with Gasteiger partial charge in [-0.2, -0.15) is 0 Å². The number of halogens is 3. The average Bonchev–Trinajstić information content (AvgIpc) is 3.51. The van der Waals surface area contributed by atoms with E-state index < -0.39 is 199 Å². The van der Waals surface area contributed by atoms with E-state index >= 15 is 8.78 Å². The lowest BCUT2D eigenvalue weighted by Crippen LogP contribution is -2.58. The van der Waals surface area contributed by atoms with E-state index in [9.17, 15) is 79.4 Å². The lowest BCUT2D eigenvalue weighted by Gasteiger charge is -2.25. The first-order valence-electron chi connectivity index (χ1n) is 25.2. The fourth-order valence-corrected chi connectivity index (χ4v) is 9.89. The number of ether oxygens (including phenoxy) is 2. The number of sulfonamides is 1. The van der Waals surface area contributed by atoms with E-state index in [1.165, 1.54) is 0 Å². The molecular formula is C45H69F3N12O20S2. The van der Waals surface area contributed by atoms with E-state index in [0.29, 0.717) is 25.7 Å². The van der Waals surface area contributed by atoms with Gasteiger partial charge in [0.2, 0.25) is 45.5 Å². The maximum absolute atomic E-state index is 15.7. The van der Waals surface area contributed by atoms with Crippen LogP contribution in [0.25, 0.3) is 0 Å². The average molecular weight is 1220 g/mol. The fraction of sp³-hybridized carbons (Fsp3) is 0.622. The first-order chi connectivity index (χ1) is 38.4. The maximum atomic E-state index is 15.7. The molecule has 0 saturated heterocycles. The van der Waals surface area contributed by atoms with Crippen LogP contribution in [0.15, 0.2) is 9.79 Å². The number of carboxylic acids is 4. The Morgan fingerprint density at radius 2 is 1.11 bits per heavy atom. The fourth-order valence-electron chi connectivity index (χ4n) is 7.72. The van der Waals surface area contributed by atoms with Gasteiger partial charge in [-0.3, -0.25) is 48.6 Å². The molecule has 1 saturated carbocycles. The van der Waals surface area contributed by atoms with E-state index in [0.717, 1.165) is 19.3 Å². The number of hydrogen-bond acceptors (Lipinski definition) is 19. The zero-order valence-electron chi connectivity index (χ0n) is 44.0. The van der Waals surface area contributed by atoms with E-state index in [1.54, 1.807) is 0 Å². The second-order valence-corrected chi connectivity index (χ2v) is 21.9. The molecule has 1 fully saturated rings. The Morgan fingerprint density at radius 1 is 0.598 bits per heavy atom. The van der Waals surface area contributed by atoms with E-state index in [2.05, 4.69) is 37.2 Å². The van der Waals surface area contributed by atoms with Crippen molar-refractivity contribution in [2.45, 2.75) is 136 Å². The highest BCUT2D eigenvalue weighted by Gasteiger charge is 2.38. The van der Waals surface area contributed by atoms with Crippen LogP contribution < -0.4 is 59.1 Å². The Bertz CT molecular complexity index is 2700. The number of carbonyl (C=O) groups excluding carboxylic acids is 6. The Morgan fingerprint density at radius 3 is 1.67 bits per heavy atom. The molecule has 5 atom stereocenters. The number of benzene rings is 1. The number of nitrogens with one attached hydrogen (secondary N) is 9. The predicted molar refractivity (Wildman–Crippen MR) is 276 cm³/mol. The molecule has 1 aliphatic rings. The second kappa shape index (κ2) is 34.7. The molecule has 0 spiro atoms. The van der Waals surface area contributed by atoms with Crippen molar-refractivity contribution in [2.24, 2.45) is 16.6 Å². The van der Waals surface area contributed by atoms with Gasteiger partial charge in [0.1, 0.15) is 35.1 Å². The second-order valence-electron chi connectivity index (χ2n) is 18.4. The first-order valence-corrected chi connectivity index (χ1v) is 28.4. The van der Waals surface area contributed by atoms with Crippen molar-refractivity contribution in [1.82, 2.24) is 37.2 Å². The maximum Gasteiger partial charge on any atom is 0.326 e. The van der Waals surface area contributed by atoms with Gasteiger partial charge >= 0.3 is 23.9 Å². The summed E-state index contributed by atoms with van der Waals surface area (Å²) in [5, 5.41) is 67.1. The van der Waals surface area contributed by atoms with E-state index in [4.69, 9.17) is 41.7 Å². The van der Waals surface area contributed by atoms with Gasteiger partial charge in [0.05, 0.1) is 57.1 Å². The summed E-state index contributed by atoms with van der Waals surface area (Å²) in [6.07, 6.45) is -0.316. The molecule has 1 aromatic rings. The van der Waals surface area contributed by atoms with Crippen molar-refractivity contribution in [2.75, 3.05) is 57.1 Å². The van der Waals surface area contributed by atoms with Gasteiger partial charge in [0.15, 0.2) is 38.1 Å². The highest BCUT2D eigenvalue weighted by molar-refractivity contribution is 7.91. The Balaban J connectivity index is 1.97. The van der Waals surface area contributed by atoms with Crippen LogP contribution >= 0.6 is 0 Å². The molecule has 1 aliphatic carbocycles. The first kappa shape index (κ1) is 70.6. The molecule has 0 aromatic heterocycles. The van der Waals surface area contributed by atoms with Gasteiger partial charge < -0.3 is 83.9 Å². The highest BCUT2D eigenvalue weighted by Crippen LogP contribution is 2.37. The molecule has 1 aromatic carbocycles. The van der Waals surface area contributed by atoms with Crippen LogP contribution in [-0.2, 0) is 77.3 Å². The van der Waals surface area contributed by atoms with E-state index in [-0.39, 0.29) is 52.4 Å². The normalized spacial score (nSPS) is 14.8. The van der Waals surface area contributed by atoms with Gasteiger partial charge in [-0.05, 0) is 25.7 Å². The minimum Gasteiger partial charge on any atom is -0.481 e. The predicted octanol–water partition coefficient (Wildman–Crippen LogP) is -3.87. The molecule has 0 bridgehead atoms. The molecule has 5 unspecified atom stereocenters. The van der Waals surface area contributed by atoms with Gasteiger partial charge in [-0.25, -0.2) is 39.9 Å². The number of primary sulfonamides is 1. The number of hydrogen-bond donors (Lipinski definition) is 16. The topological polar surface area (TPSA) is 537 Å². The summed E-state index contributed by atoms with van der Waals surface area (Å²) in [4.78, 5) is 120. The Kier molecular flexibility index (Phi) is 29.9. The summed E-state index contributed by atoms with van der Waals surface area (Å²) in [5.74, 6) is -21.4. The standard InChI is InChI=1S/C45H69F3N12O20S2/c46-34-35(47)39(37(36(48)38(34)82(52,77)78)56-23-7-4-2-1-3-5-8-23)81(75,76)18-11-29(61)53-13-15-80-17-16-79-14-10-30(62)57-27(20-32(65)66)43(72)58-25(9-6-12-54-45(50)51)42(71)59-26(19-31(63)64)41(70)55-22-24(49)40(69)60-28(44(73)74)21-33(67)68/h23-28,56H,1-22,49H2,(H,53,61)(H,55,70)(H,57,62)(H,58,72)(H,59,71)(H,60,69)(H,63,64)(H,65,66)(H,67,68)(H,73,74)(H4,50,51,54)(H2,52,77,78). The van der Waals surface area contributed by atoms with Gasteiger partial charge in [0, 0.05) is 38.5 Å².